The first-order valence-electron chi connectivity index (χ1n) is 7.17. The summed E-state index contributed by atoms with van der Waals surface area (Å²) in [6.45, 7) is 6.60. The van der Waals surface area contributed by atoms with Gasteiger partial charge in [0.2, 0.25) is 0 Å². The molecular formula is C17H24N2+2. The van der Waals surface area contributed by atoms with Crippen molar-refractivity contribution in [2.24, 2.45) is 0 Å². The highest BCUT2D eigenvalue weighted by molar-refractivity contribution is 4.94. The van der Waals surface area contributed by atoms with Gasteiger partial charge in [-0.25, -0.2) is 9.13 Å². The molecule has 0 saturated heterocycles. The lowest BCUT2D eigenvalue weighted by molar-refractivity contribution is -0.706. The third-order valence-corrected chi connectivity index (χ3v) is 3.63. The Bertz CT molecular complexity index is 473. The number of hydrogen-bond donors (Lipinski definition) is 0. The fourth-order valence-corrected chi connectivity index (χ4v) is 2.37. The Morgan fingerprint density at radius 3 is 1.58 bits per heavy atom. The Balaban J connectivity index is 1.71. The molecule has 19 heavy (non-hydrogen) atoms. The molecule has 0 aliphatic heterocycles. The van der Waals surface area contributed by atoms with Gasteiger partial charge in [0.15, 0.2) is 23.8 Å². The van der Waals surface area contributed by atoms with Crippen molar-refractivity contribution in [2.45, 2.75) is 46.2 Å². The van der Waals surface area contributed by atoms with Crippen molar-refractivity contribution >= 4 is 0 Å². The summed E-state index contributed by atoms with van der Waals surface area (Å²) in [5.74, 6) is 0. The number of rotatable bonds is 6. The lowest BCUT2D eigenvalue weighted by Crippen LogP contribution is -2.37. The minimum Gasteiger partial charge on any atom is -0.203 e. The molecule has 2 aromatic rings. The number of aryl methyl sites for hydroxylation is 4. The van der Waals surface area contributed by atoms with Crippen molar-refractivity contribution < 1.29 is 9.13 Å². The molecule has 0 aliphatic carbocycles. The highest BCUT2D eigenvalue weighted by Crippen LogP contribution is 1.98. The summed E-state index contributed by atoms with van der Waals surface area (Å²) in [6.07, 6.45) is 8.13. The van der Waals surface area contributed by atoms with Crippen molar-refractivity contribution in [1.29, 1.82) is 0 Å². The second-order valence-electron chi connectivity index (χ2n) is 5.13. The van der Waals surface area contributed by atoms with Crippen LogP contribution in [-0.2, 0) is 13.1 Å². The summed E-state index contributed by atoms with van der Waals surface area (Å²) in [4.78, 5) is 0. The maximum atomic E-state index is 2.33. The van der Waals surface area contributed by atoms with Crippen LogP contribution in [0.5, 0.6) is 0 Å². The lowest BCUT2D eigenvalue weighted by atomic mass is 10.2. The van der Waals surface area contributed by atoms with Gasteiger partial charge in [-0.3, -0.25) is 0 Å². The van der Waals surface area contributed by atoms with Crippen LogP contribution in [0.25, 0.3) is 0 Å². The largest absolute Gasteiger partial charge is 0.203 e. The molecule has 2 nitrogen and oxygen atoms in total. The molecule has 0 bridgehead atoms. The van der Waals surface area contributed by atoms with Crippen LogP contribution < -0.4 is 9.13 Å². The Morgan fingerprint density at radius 2 is 1.16 bits per heavy atom. The Kier molecular flexibility index (Phi) is 5.08. The molecule has 0 amide bonds. The highest BCUT2D eigenvalue weighted by Gasteiger charge is 2.06. The SMILES string of the molecule is Cc1cccc[n+]1CCCCC[n+]1ccccc1C. The average Bonchev–Trinajstić information content (AvgIpc) is 2.42. The molecule has 2 heterocycles. The van der Waals surface area contributed by atoms with Crippen molar-refractivity contribution in [2.75, 3.05) is 0 Å². The number of aromatic nitrogens is 2. The fraction of sp³-hybridized carbons (Fsp3) is 0.412. The first-order chi connectivity index (χ1) is 9.27. The van der Waals surface area contributed by atoms with E-state index in [1.54, 1.807) is 0 Å². The van der Waals surface area contributed by atoms with E-state index < -0.39 is 0 Å². The zero-order chi connectivity index (χ0) is 13.5. The molecule has 0 N–H and O–H groups in total. The molecule has 2 rings (SSSR count). The van der Waals surface area contributed by atoms with Crippen LogP contribution in [0.4, 0.5) is 0 Å². The molecule has 0 spiro atoms. The van der Waals surface area contributed by atoms with E-state index in [0.717, 1.165) is 13.1 Å². The number of unbranched alkanes of at least 4 members (excludes halogenated alkanes) is 2. The Labute approximate surface area is 116 Å². The third-order valence-electron chi connectivity index (χ3n) is 3.63. The van der Waals surface area contributed by atoms with E-state index in [-0.39, 0.29) is 0 Å². The van der Waals surface area contributed by atoms with Gasteiger partial charge >= 0.3 is 0 Å². The van der Waals surface area contributed by atoms with Gasteiger partial charge in [0.1, 0.15) is 13.1 Å². The van der Waals surface area contributed by atoms with Crippen LogP contribution in [0.3, 0.4) is 0 Å². The predicted molar refractivity (Wildman–Crippen MR) is 76.6 cm³/mol. The zero-order valence-electron chi connectivity index (χ0n) is 12.0. The van der Waals surface area contributed by atoms with E-state index in [9.17, 15) is 0 Å². The van der Waals surface area contributed by atoms with Gasteiger partial charge in [0, 0.05) is 51.0 Å². The van der Waals surface area contributed by atoms with Gasteiger partial charge in [-0.05, 0) is 6.42 Å². The summed E-state index contributed by atoms with van der Waals surface area (Å²) < 4.78 is 4.67. The topological polar surface area (TPSA) is 7.76 Å². The summed E-state index contributed by atoms with van der Waals surface area (Å²) in [6, 6.07) is 12.8. The maximum Gasteiger partial charge on any atom is 0.178 e. The number of pyridine rings is 2. The van der Waals surface area contributed by atoms with Gasteiger partial charge in [0.25, 0.3) is 0 Å². The minimum atomic E-state index is 1.13. The second kappa shape index (κ2) is 7.03. The summed E-state index contributed by atoms with van der Waals surface area (Å²) in [5.41, 5.74) is 2.69. The van der Waals surface area contributed by atoms with Gasteiger partial charge < -0.3 is 0 Å². The molecule has 2 heteroatoms. The summed E-state index contributed by atoms with van der Waals surface area (Å²) in [5, 5.41) is 0. The molecule has 2 aromatic heterocycles. The molecule has 0 aliphatic rings. The molecular weight excluding hydrogens is 232 g/mol. The first kappa shape index (κ1) is 13.7. The van der Waals surface area contributed by atoms with E-state index in [1.165, 1.54) is 30.7 Å². The van der Waals surface area contributed by atoms with Crippen LogP contribution in [0.15, 0.2) is 48.8 Å². The molecule has 0 unspecified atom stereocenters. The minimum absolute atomic E-state index is 1.13. The Hall–Kier alpha value is -1.70. The first-order valence-corrected chi connectivity index (χ1v) is 7.17. The smallest absolute Gasteiger partial charge is 0.178 e. The molecule has 0 aromatic carbocycles. The zero-order valence-corrected chi connectivity index (χ0v) is 12.0. The summed E-state index contributed by atoms with van der Waals surface area (Å²) >= 11 is 0. The van der Waals surface area contributed by atoms with E-state index >= 15 is 0 Å². The van der Waals surface area contributed by atoms with Crippen LogP contribution in [0.2, 0.25) is 0 Å². The van der Waals surface area contributed by atoms with Crippen LogP contribution in [0.1, 0.15) is 30.7 Å². The monoisotopic (exact) mass is 256 g/mol. The van der Waals surface area contributed by atoms with Crippen molar-refractivity contribution in [3.63, 3.8) is 0 Å². The molecule has 0 saturated carbocycles. The van der Waals surface area contributed by atoms with Crippen LogP contribution >= 0.6 is 0 Å². The quantitative estimate of drug-likeness (QED) is 0.554. The second-order valence-corrected chi connectivity index (χ2v) is 5.13. The van der Waals surface area contributed by atoms with E-state index in [1.807, 2.05) is 0 Å². The van der Waals surface area contributed by atoms with Crippen molar-refractivity contribution in [3.8, 4) is 0 Å². The van der Waals surface area contributed by atoms with Gasteiger partial charge in [-0.15, -0.1) is 0 Å². The summed E-state index contributed by atoms with van der Waals surface area (Å²) in [7, 11) is 0. The maximum absolute atomic E-state index is 2.33. The van der Waals surface area contributed by atoms with Gasteiger partial charge in [-0.2, -0.15) is 0 Å². The molecule has 0 atom stereocenters. The number of hydrogen-bond acceptors (Lipinski definition) is 0. The standard InChI is InChI=1S/C17H24N2/c1-16-10-4-8-14-18(16)12-6-3-7-13-19-15-9-5-11-17(19)2/h4-5,8-11,14-15H,3,6-7,12-13H2,1-2H3/q+2. The lowest BCUT2D eigenvalue weighted by Gasteiger charge is -2.01. The van der Waals surface area contributed by atoms with E-state index in [0.29, 0.717) is 0 Å². The fourth-order valence-electron chi connectivity index (χ4n) is 2.37. The molecule has 100 valence electrons. The van der Waals surface area contributed by atoms with Gasteiger partial charge in [0.05, 0.1) is 0 Å². The van der Waals surface area contributed by atoms with Gasteiger partial charge in [-0.1, -0.05) is 12.1 Å². The average molecular weight is 256 g/mol. The van der Waals surface area contributed by atoms with E-state index in [2.05, 4.69) is 71.8 Å². The van der Waals surface area contributed by atoms with Crippen molar-refractivity contribution in [1.82, 2.24) is 0 Å². The van der Waals surface area contributed by atoms with E-state index in [4.69, 9.17) is 0 Å². The third kappa shape index (κ3) is 4.16. The van der Waals surface area contributed by atoms with Crippen LogP contribution in [0, 0.1) is 13.8 Å². The molecule has 0 radical (unpaired) electrons. The highest BCUT2D eigenvalue weighted by atomic mass is 15.0. The van der Waals surface area contributed by atoms with Crippen LogP contribution in [-0.4, -0.2) is 0 Å². The Morgan fingerprint density at radius 1 is 0.684 bits per heavy atom. The normalized spacial score (nSPS) is 10.6. The van der Waals surface area contributed by atoms with Crippen molar-refractivity contribution in [3.05, 3.63) is 60.2 Å². The number of nitrogens with zero attached hydrogens (tertiary/aromatic N) is 2. The molecule has 0 fully saturated rings. The predicted octanol–water partition coefficient (Wildman–Crippen LogP) is 2.75.